The summed E-state index contributed by atoms with van der Waals surface area (Å²) in [5.41, 5.74) is 2.54. The zero-order chi connectivity index (χ0) is 27.4. The summed E-state index contributed by atoms with van der Waals surface area (Å²) in [6.45, 7) is 5.05. The SMILES string of the molecule is COC(=O)c1ccc2c(=O)n(-c3cccc(C(=O)NCCN4CCN(c5ccccc5)CC4)c3)c(=S)[nH]c2c1. The van der Waals surface area contributed by atoms with Gasteiger partial charge in [-0.05, 0) is 60.7 Å². The fraction of sp³-hybridized carbons (Fsp3) is 0.241. The number of methoxy groups -OCH3 is 1. The minimum atomic E-state index is -0.506. The van der Waals surface area contributed by atoms with Crippen molar-refractivity contribution in [2.75, 3.05) is 51.3 Å². The lowest BCUT2D eigenvalue weighted by atomic mass is 10.1. The van der Waals surface area contributed by atoms with Crippen molar-refractivity contribution in [3.05, 3.63) is 99.0 Å². The van der Waals surface area contributed by atoms with Gasteiger partial charge in [-0.2, -0.15) is 0 Å². The third-order valence-corrected chi connectivity index (χ3v) is 7.18. The summed E-state index contributed by atoms with van der Waals surface area (Å²) in [6, 6.07) is 21.8. The molecule has 0 unspecified atom stereocenters. The Kier molecular flexibility index (Phi) is 7.85. The van der Waals surface area contributed by atoms with E-state index >= 15 is 0 Å². The number of esters is 1. The van der Waals surface area contributed by atoms with Crippen molar-refractivity contribution in [3.63, 3.8) is 0 Å². The van der Waals surface area contributed by atoms with E-state index in [0.29, 0.717) is 34.3 Å². The Hall–Kier alpha value is -4.28. The van der Waals surface area contributed by atoms with Gasteiger partial charge in [0.05, 0.1) is 29.3 Å². The molecule has 2 heterocycles. The van der Waals surface area contributed by atoms with E-state index in [4.69, 9.17) is 17.0 Å². The lowest BCUT2D eigenvalue weighted by Crippen LogP contribution is -2.48. The van der Waals surface area contributed by atoms with E-state index in [1.54, 1.807) is 30.3 Å². The summed E-state index contributed by atoms with van der Waals surface area (Å²) >= 11 is 5.46. The zero-order valence-electron chi connectivity index (χ0n) is 21.6. The molecule has 0 saturated carbocycles. The largest absolute Gasteiger partial charge is 0.465 e. The topological polar surface area (TPSA) is 99.7 Å². The molecule has 200 valence electrons. The fourth-order valence-electron chi connectivity index (χ4n) is 4.78. The number of hydrogen-bond donors (Lipinski definition) is 2. The third-order valence-electron chi connectivity index (χ3n) is 6.89. The van der Waals surface area contributed by atoms with E-state index in [1.807, 2.05) is 6.07 Å². The first-order valence-electron chi connectivity index (χ1n) is 12.7. The van der Waals surface area contributed by atoms with Crippen molar-refractivity contribution < 1.29 is 14.3 Å². The van der Waals surface area contributed by atoms with E-state index < -0.39 is 5.97 Å². The van der Waals surface area contributed by atoms with Crippen LogP contribution >= 0.6 is 12.2 Å². The van der Waals surface area contributed by atoms with Gasteiger partial charge in [-0.3, -0.25) is 19.1 Å². The standard InChI is InChI=1S/C29H29N5O4S/c1-38-28(37)21-10-11-24-25(19-21)31-29(39)34(27(24)36)23-9-5-6-20(18-23)26(35)30-12-13-32-14-16-33(17-15-32)22-7-3-2-4-8-22/h2-11,18-19H,12-17H2,1H3,(H,30,35)(H,31,39). The summed E-state index contributed by atoms with van der Waals surface area (Å²) in [4.78, 5) is 45.8. The maximum atomic E-state index is 13.3. The molecule has 1 amide bonds. The lowest BCUT2D eigenvalue weighted by Gasteiger charge is -2.36. The van der Waals surface area contributed by atoms with Crippen LogP contribution in [0.4, 0.5) is 5.69 Å². The van der Waals surface area contributed by atoms with E-state index in [0.717, 1.165) is 32.7 Å². The van der Waals surface area contributed by atoms with Crippen LogP contribution in [0.15, 0.2) is 77.6 Å². The Morgan fingerprint density at radius 2 is 1.67 bits per heavy atom. The van der Waals surface area contributed by atoms with Gasteiger partial charge in [0.2, 0.25) is 0 Å². The van der Waals surface area contributed by atoms with E-state index in [2.05, 4.69) is 44.4 Å². The van der Waals surface area contributed by atoms with Gasteiger partial charge < -0.3 is 19.9 Å². The van der Waals surface area contributed by atoms with Crippen LogP contribution in [-0.2, 0) is 4.74 Å². The van der Waals surface area contributed by atoms with Crippen LogP contribution in [0.1, 0.15) is 20.7 Å². The van der Waals surface area contributed by atoms with Crippen LogP contribution in [0.5, 0.6) is 0 Å². The van der Waals surface area contributed by atoms with Gasteiger partial charge >= 0.3 is 5.97 Å². The van der Waals surface area contributed by atoms with Gasteiger partial charge in [0, 0.05) is 50.5 Å². The van der Waals surface area contributed by atoms with Gasteiger partial charge in [-0.15, -0.1) is 0 Å². The Morgan fingerprint density at radius 1 is 0.923 bits per heavy atom. The molecule has 3 aromatic carbocycles. The number of aromatic nitrogens is 2. The molecule has 2 N–H and O–H groups in total. The van der Waals surface area contributed by atoms with Crippen LogP contribution in [-0.4, -0.2) is 72.7 Å². The normalized spacial score (nSPS) is 13.8. The molecule has 1 aromatic heterocycles. The molecular weight excluding hydrogens is 514 g/mol. The molecule has 1 fully saturated rings. The first-order valence-corrected chi connectivity index (χ1v) is 13.1. The molecule has 39 heavy (non-hydrogen) atoms. The molecule has 1 aliphatic rings. The maximum absolute atomic E-state index is 13.3. The number of hydrogen-bond acceptors (Lipinski definition) is 7. The molecule has 0 spiro atoms. The Labute approximate surface area is 230 Å². The molecule has 1 aliphatic heterocycles. The molecule has 9 nitrogen and oxygen atoms in total. The Balaban J connectivity index is 1.24. The molecule has 4 aromatic rings. The number of amides is 1. The predicted octanol–water partition coefficient (Wildman–Crippen LogP) is 3.39. The molecule has 0 atom stereocenters. The zero-order valence-corrected chi connectivity index (χ0v) is 22.4. The average molecular weight is 544 g/mol. The number of anilines is 1. The van der Waals surface area contributed by atoms with Crippen molar-refractivity contribution in [2.24, 2.45) is 0 Å². The monoisotopic (exact) mass is 543 g/mol. The predicted molar refractivity (Wildman–Crippen MR) is 153 cm³/mol. The minimum absolute atomic E-state index is 0.154. The lowest BCUT2D eigenvalue weighted by molar-refractivity contribution is 0.0600. The number of H-pyrrole nitrogens is 1. The highest BCUT2D eigenvalue weighted by molar-refractivity contribution is 7.71. The third kappa shape index (κ3) is 5.76. The van der Waals surface area contributed by atoms with E-state index in [-0.39, 0.29) is 16.2 Å². The van der Waals surface area contributed by atoms with Gasteiger partial charge in [-0.1, -0.05) is 24.3 Å². The van der Waals surface area contributed by atoms with Crippen LogP contribution in [0.3, 0.4) is 0 Å². The molecule has 1 saturated heterocycles. The molecule has 0 bridgehead atoms. The molecule has 0 aliphatic carbocycles. The summed E-state index contributed by atoms with van der Waals surface area (Å²) in [7, 11) is 1.29. The summed E-state index contributed by atoms with van der Waals surface area (Å²) in [6.07, 6.45) is 0. The first-order chi connectivity index (χ1) is 18.9. The molecular formula is C29H29N5O4S. The van der Waals surface area contributed by atoms with Crippen LogP contribution in [0, 0.1) is 4.77 Å². The highest BCUT2D eigenvalue weighted by atomic mass is 32.1. The maximum Gasteiger partial charge on any atom is 0.337 e. The number of benzene rings is 3. The Morgan fingerprint density at radius 3 is 2.41 bits per heavy atom. The minimum Gasteiger partial charge on any atom is -0.465 e. The average Bonchev–Trinajstić information content (AvgIpc) is 2.97. The van der Waals surface area contributed by atoms with Crippen molar-refractivity contribution in [1.29, 1.82) is 0 Å². The number of ether oxygens (including phenoxy) is 1. The van der Waals surface area contributed by atoms with Gasteiger partial charge in [-0.25, -0.2) is 4.79 Å². The highest BCUT2D eigenvalue weighted by Crippen LogP contribution is 2.16. The Bertz CT molecular complexity index is 1620. The van der Waals surface area contributed by atoms with E-state index in [9.17, 15) is 14.4 Å². The first kappa shape index (κ1) is 26.3. The number of piperazine rings is 1. The number of nitrogens with one attached hydrogen (secondary N) is 2. The number of carbonyl (C=O) groups excluding carboxylic acids is 2. The van der Waals surface area contributed by atoms with Crippen LogP contribution < -0.4 is 15.8 Å². The van der Waals surface area contributed by atoms with Crippen molar-refractivity contribution in [2.45, 2.75) is 0 Å². The second kappa shape index (κ2) is 11.6. The highest BCUT2D eigenvalue weighted by Gasteiger charge is 2.17. The number of para-hydroxylation sites is 1. The fourth-order valence-corrected chi connectivity index (χ4v) is 5.08. The van der Waals surface area contributed by atoms with Gasteiger partial charge in [0.25, 0.3) is 11.5 Å². The number of nitrogens with zero attached hydrogens (tertiary/aromatic N) is 3. The molecule has 0 radical (unpaired) electrons. The quantitative estimate of drug-likeness (QED) is 0.272. The van der Waals surface area contributed by atoms with Crippen LogP contribution in [0.2, 0.25) is 0 Å². The van der Waals surface area contributed by atoms with Gasteiger partial charge in [0.1, 0.15) is 0 Å². The number of rotatable bonds is 7. The molecule has 5 rings (SSSR count). The number of fused-ring (bicyclic) bond motifs is 1. The van der Waals surface area contributed by atoms with Crippen molar-refractivity contribution in [1.82, 2.24) is 19.8 Å². The van der Waals surface area contributed by atoms with E-state index in [1.165, 1.54) is 29.5 Å². The second-order valence-corrected chi connectivity index (χ2v) is 9.68. The summed E-state index contributed by atoms with van der Waals surface area (Å²) < 4.78 is 6.25. The molecule has 10 heteroatoms. The summed E-state index contributed by atoms with van der Waals surface area (Å²) in [5.74, 6) is -0.722. The van der Waals surface area contributed by atoms with Crippen molar-refractivity contribution >= 4 is 40.7 Å². The number of carbonyl (C=O) groups is 2. The van der Waals surface area contributed by atoms with Crippen molar-refractivity contribution in [3.8, 4) is 5.69 Å². The smallest absolute Gasteiger partial charge is 0.337 e. The van der Waals surface area contributed by atoms with Gasteiger partial charge in [0.15, 0.2) is 4.77 Å². The summed E-state index contributed by atoms with van der Waals surface area (Å²) in [5, 5.41) is 3.35. The van der Waals surface area contributed by atoms with Crippen LogP contribution in [0.25, 0.3) is 16.6 Å². The number of aromatic amines is 1. The second-order valence-electron chi connectivity index (χ2n) is 9.29.